The predicted molar refractivity (Wildman–Crippen MR) is 86.8 cm³/mol. The van der Waals surface area contributed by atoms with E-state index >= 15 is 0 Å². The van der Waals surface area contributed by atoms with E-state index in [4.69, 9.17) is 21.4 Å². The number of ether oxygens (including phenoxy) is 2. The normalized spacial score (nSPS) is 11.4. The van der Waals surface area contributed by atoms with Crippen LogP contribution < -0.4 is 5.32 Å². The van der Waals surface area contributed by atoms with Gasteiger partial charge in [-0.1, -0.05) is 42.5 Å². The van der Waals surface area contributed by atoms with Crippen molar-refractivity contribution in [2.45, 2.75) is 19.1 Å². The lowest BCUT2D eigenvalue weighted by Gasteiger charge is -2.15. The predicted octanol–water partition coefficient (Wildman–Crippen LogP) is 2.18. The number of carboxylic acid groups (broad SMARTS) is 1. The summed E-state index contributed by atoms with van der Waals surface area (Å²) in [4.78, 5) is 34.3. The molecule has 24 heavy (non-hydrogen) atoms. The van der Waals surface area contributed by atoms with Gasteiger partial charge < -0.3 is 19.9 Å². The zero-order valence-corrected chi connectivity index (χ0v) is 13.6. The van der Waals surface area contributed by atoms with Crippen LogP contribution in [0.15, 0.2) is 36.9 Å². The van der Waals surface area contributed by atoms with Gasteiger partial charge in [0.1, 0.15) is 19.3 Å². The highest BCUT2D eigenvalue weighted by molar-refractivity contribution is 6.31. The lowest BCUT2D eigenvalue weighted by molar-refractivity contribution is -0.140. The molecule has 1 aromatic carbocycles. The Kier molecular flexibility index (Phi) is 8.53. The first kappa shape index (κ1) is 19.7. The van der Waals surface area contributed by atoms with E-state index in [-0.39, 0.29) is 19.8 Å². The summed E-state index contributed by atoms with van der Waals surface area (Å²) in [5, 5.41) is 11.5. The molecule has 0 saturated carbocycles. The van der Waals surface area contributed by atoms with Crippen LogP contribution in [0.2, 0.25) is 5.02 Å². The van der Waals surface area contributed by atoms with E-state index in [2.05, 4.69) is 16.6 Å². The molecule has 0 heterocycles. The molecule has 1 rings (SSSR count). The van der Waals surface area contributed by atoms with Crippen LogP contribution in [0, 0.1) is 0 Å². The molecular weight excluding hydrogens is 338 g/mol. The Labute approximate surface area is 144 Å². The molecule has 7 nitrogen and oxygen atoms in total. The molecule has 8 heteroatoms. The van der Waals surface area contributed by atoms with Gasteiger partial charge in [0.15, 0.2) is 5.78 Å². The maximum atomic E-state index is 12.1. The maximum Gasteiger partial charge on any atom is 0.408 e. The van der Waals surface area contributed by atoms with Gasteiger partial charge >= 0.3 is 12.1 Å². The minimum absolute atomic E-state index is 0.0528. The Balaban J connectivity index is 2.54. The van der Waals surface area contributed by atoms with Gasteiger partial charge in [-0.15, -0.1) is 0 Å². The highest BCUT2D eigenvalue weighted by atomic mass is 35.5. The molecule has 0 bridgehead atoms. The summed E-state index contributed by atoms with van der Waals surface area (Å²) in [6, 6.07) is 5.72. The molecule has 0 radical (unpaired) electrons. The molecule has 1 unspecified atom stereocenters. The van der Waals surface area contributed by atoms with Crippen molar-refractivity contribution in [3.05, 3.63) is 47.5 Å². The summed E-state index contributed by atoms with van der Waals surface area (Å²) in [5.41, 5.74) is 0.695. The molecule has 1 atom stereocenters. The molecule has 130 valence electrons. The van der Waals surface area contributed by atoms with Crippen LogP contribution >= 0.6 is 11.6 Å². The van der Waals surface area contributed by atoms with Gasteiger partial charge in [0.05, 0.1) is 13.0 Å². The second-order valence-electron chi connectivity index (χ2n) is 4.73. The third-order valence-corrected chi connectivity index (χ3v) is 3.22. The molecule has 0 aliphatic carbocycles. The van der Waals surface area contributed by atoms with E-state index in [1.165, 1.54) is 6.08 Å². The van der Waals surface area contributed by atoms with Gasteiger partial charge in [-0.2, -0.15) is 0 Å². The number of benzene rings is 1. The highest BCUT2D eigenvalue weighted by Gasteiger charge is 2.24. The number of hydrogen-bond acceptors (Lipinski definition) is 5. The second-order valence-corrected chi connectivity index (χ2v) is 5.14. The Bertz CT molecular complexity index is 604. The molecule has 0 spiro atoms. The average Bonchev–Trinajstić information content (AvgIpc) is 2.53. The Morgan fingerprint density at radius 3 is 2.67 bits per heavy atom. The zero-order valence-electron chi connectivity index (χ0n) is 12.9. The number of halogens is 1. The fourth-order valence-corrected chi connectivity index (χ4v) is 1.91. The lowest BCUT2D eigenvalue weighted by atomic mass is 10.1. The van der Waals surface area contributed by atoms with Gasteiger partial charge in [-0.3, -0.25) is 9.59 Å². The minimum Gasteiger partial charge on any atom is -0.481 e. The van der Waals surface area contributed by atoms with Crippen LogP contribution in [0.1, 0.15) is 12.0 Å². The van der Waals surface area contributed by atoms with Crippen LogP contribution in [-0.4, -0.2) is 42.2 Å². The van der Waals surface area contributed by atoms with Crippen molar-refractivity contribution in [1.82, 2.24) is 5.32 Å². The van der Waals surface area contributed by atoms with Crippen LogP contribution in [0.3, 0.4) is 0 Å². The fourth-order valence-electron chi connectivity index (χ4n) is 1.72. The smallest absolute Gasteiger partial charge is 0.408 e. The Hall–Kier alpha value is -2.38. The number of rotatable bonds is 10. The molecule has 1 amide bonds. The van der Waals surface area contributed by atoms with Crippen LogP contribution in [0.4, 0.5) is 4.79 Å². The number of carbonyl (C=O) groups is 3. The van der Waals surface area contributed by atoms with E-state index in [1.807, 2.05) is 0 Å². The Morgan fingerprint density at radius 2 is 2.04 bits per heavy atom. The molecule has 2 N–H and O–H groups in total. The largest absolute Gasteiger partial charge is 0.481 e. The molecule has 0 aliphatic rings. The number of Topliss-reactive ketones (excluding diaryl/α,β-unsaturated/α-hetero) is 1. The van der Waals surface area contributed by atoms with E-state index in [0.29, 0.717) is 10.6 Å². The molecule has 0 aliphatic heterocycles. The van der Waals surface area contributed by atoms with Crippen molar-refractivity contribution < 1.29 is 29.0 Å². The molecule has 1 aromatic rings. The SMILES string of the molecule is C=CCOC(=O)NC(CC(=O)O)C(=O)COCc1ccccc1Cl. The average molecular weight is 356 g/mol. The third kappa shape index (κ3) is 7.26. The Morgan fingerprint density at radius 1 is 1.33 bits per heavy atom. The number of hydrogen-bond donors (Lipinski definition) is 2. The third-order valence-electron chi connectivity index (χ3n) is 2.85. The van der Waals surface area contributed by atoms with Crippen molar-refractivity contribution >= 4 is 29.4 Å². The maximum absolute atomic E-state index is 12.1. The molecule has 0 fully saturated rings. The van der Waals surface area contributed by atoms with Crippen LogP contribution in [0.25, 0.3) is 0 Å². The summed E-state index contributed by atoms with van der Waals surface area (Å²) < 4.78 is 9.92. The number of carbonyl (C=O) groups excluding carboxylic acids is 2. The van der Waals surface area contributed by atoms with Gasteiger partial charge in [-0.05, 0) is 11.6 Å². The second kappa shape index (κ2) is 10.4. The fraction of sp³-hybridized carbons (Fsp3) is 0.312. The summed E-state index contributed by atoms with van der Waals surface area (Å²) in [7, 11) is 0. The van der Waals surface area contributed by atoms with E-state index in [0.717, 1.165) is 0 Å². The monoisotopic (exact) mass is 355 g/mol. The molecule has 0 aromatic heterocycles. The van der Waals surface area contributed by atoms with Crippen LogP contribution in [0.5, 0.6) is 0 Å². The van der Waals surface area contributed by atoms with Crippen molar-refractivity contribution in [1.29, 1.82) is 0 Å². The van der Waals surface area contributed by atoms with Crippen molar-refractivity contribution in [2.24, 2.45) is 0 Å². The van der Waals surface area contributed by atoms with Crippen LogP contribution in [-0.2, 0) is 25.7 Å². The number of nitrogens with one attached hydrogen (secondary N) is 1. The molecule has 0 saturated heterocycles. The standard InChI is InChI=1S/C16H18ClNO6/c1-2-7-24-16(22)18-13(8-15(20)21)14(19)10-23-9-11-5-3-4-6-12(11)17/h2-6,13H,1,7-10H2,(H,18,22)(H,20,21). The lowest BCUT2D eigenvalue weighted by Crippen LogP contribution is -2.44. The topological polar surface area (TPSA) is 102 Å². The van der Waals surface area contributed by atoms with Gasteiger partial charge in [0, 0.05) is 5.02 Å². The number of ketones is 1. The van der Waals surface area contributed by atoms with Crippen molar-refractivity contribution in [3.63, 3.8) is 0 Å². The first-order valence-corrected chi connectivity index (χ1v) is 7.41. The number of aliphatic carboxylic acids is 1. The first-order valence-electron chi connectivity index (χ1n) is 7.04. The zero-order chi connectivity index (χ0) is 17.9. The number of alkyl carbamates (subject to hydrolysis) is 1. The quantitative estimate of drug-likeness (QED) is 0.624. The van der Waals surface area contributed by atoms with Gasteiger partial charge in [0.2, 0.25) is 0 Å². The summed E-state index contributed by atoms with van der Waals surface area (Å²) in [5.74, 6) is -1.82. The van der Waals surface area contributed by atoms with Gasteiger partial charge in [0.25, 0.3) is 0 Å². The summed E-state index contributed by atoms with van der Waals surface area (Å²) in [6.07, 6.45) is -0.127. The first-order chi connectivity index (χ1) is 11.4. The number of amides is 1. The molecular formula is C16H18ClNO6. The summed E-state index contributed by atoms with van der Waals surface area (Å²) in [6.45, 7) is 3.04. The highest BCUT2D eigenvalue weighted by Crippen LogP contribution is 2.15. The van der Waals surface area contributed by atoms with E-state index in [9.17, 15) is 14.4 Å². The van der Waals surface area contributed by atoms with Gasteiger partial charge in [-0.25, -0.2) is 4.79 Å². The minimum atomic E-state index is -1.24. The number of carboxylic acids is 1. The van der Waals surface area contributed by atoms with E-state index < -0.39 is 30.3 Å². The van der Waals surface area contributed by atoms with E-state index in [1.54, 1.807) is 24.3 Å². The van der Waals surface area contributed by atoms with Crippen molar-refractivity contribution in [3.8, 4) is 0 Å². The summed E-state index contributed by atoms with van der Waals surface area (Å²) >= 11 is 5.96. The van der Waals surface area contributed by atoms with Crippen molar-refractivity contribution in [2.75, 3.05) is 13.2 Å².